The summed E-state index contributed by atoms with van der Waals surface area (Å²) >= 11 is 1.60. The lowest BCUT2D eigenvalue weighted by molar-refractivity contribution is -0.114. The molecule has 0 spiro atoms. The van der Waals surface area contributed by atoms with Crippen molar-refractivity contribution in [1.29, 1.82) is 0 Å². The summed E-state index contributed by atoms with van der Waals surface area (Å²) in [5, 5.41) is 13.3. The molecule has 0 aliphatic rings. The van der Waals surface area contributed by atoms with Crippen LogP contribution in [0.4, 0.5) is 5.69 Å². The molecule has 0 saturated carbocycles. The molecule has 3 aromatic carbocycles. The Morgan fingerprint density at radius 3 is 2.78 bits per heavy atom. The molecule has 1 heterocycles. The molecular weight excluding hydrogens is 356 g/mol. The van der Waals surface area contributed by atoms with E-state index in [1.54, 1.807) is 11.8 Å². The number of nitrogens with zero attached hydrogens (tertiary/aromatic N) is 2. The Kier molecular flexibility index (Phi) is 4.89. The highest BCUT2D eigenvalue weighted by atomic mass is 32.2. The molecule has 0 unspecified atom stereocenters. The highest BCUT2D eigenvalue weighted by Gasteiger charge is 2.09. The molecule has 134 valence electrons. The van der Waals surface area contributed by atoms with Gasteiger partial charge in [-0.1, -0.05) is 66.4 Å². The lowest BCUT2D eigenvalue weighted by atomic mass is 10.1. The number of anilines is 1. The number of thioether (sulfide) groups is 1. The number of hydrogen-bond donors (Lipinski definition) is 2. The number of carbonyl (C=O) groups excluding carboxylic acids is 1. The smallest absolute Gasteiger partial charge is 0.221 e. The van der Waals surface area contributed by atoms with Crippen LogP contribution in [-0.4, -0.2) is 21.1 Å². The first-order valence-corrected chi connectivity index (χ1v) is 9.57. The third-order valence-corrected chi connectivity index (χ3v) is 5.05. The van der Waals surface area contributed by atoms with Gasteiger partial charge in [-0.2, -0.15) is 0 Å². The molecule has 0 saturated heterocycles. The fourth-order valence-corrected chi connectivity index (χ4v) is 3.75. The second-order valence-corrected chi connectivity index (χ2v) is 7.10. The van der Waals surface area contributed by atoms with Crippen molar-refractivity contribution in [2.45, 2.75) is 17.8 Å². The van der Waals surface area contributed by atoms with E-state index in [-0.39, 0.29) is 5.91 Å². The molecule has 27 heavy (non-hydrogen) atoms. The number of carbonyl (C=O) groups is 1. The van der Waals surface area contributed by atoms with Crippen molar-refractivity contribution in [2.75, 3.05) is 5.32 Å². The van der Waals surface area contributed by atoms with Gasteiger partial charge < -0.3 is 5.32 Å². The molecule has 0 aliphatic carbocycles. The molecule has 4 aromatic rings. The number of aromatic nitrogens is 3. The molecule has 4 rings (SSSR count). The fourth-order valence-electron chi connectivity index (χ4n) is 2.95. The summed E-state index contributed by atoms with van der Waals surface area (Å²) in [5.41, 5.74) is 2.88. The van der Waals surface area contributed by atoms with Gasteiger partial charge in [-0.3, -0.25) is 9.89 Å². The number of fused-ring (bicyclic) bond motifs is 1. The van der Waals surface area contributed by atoms with Crippen LogP contribution in [0.5, 0.6) is 0 Å². The van der Waals surface area contributed by atoms with E-state index in [0.29, 0.717) is 11.0 Å². The molecule has 2 N–H and O–H groups in total. The normalized spacial score (nSPS) is 10.9. The maximum atomic E-state index is 11.2. The number of aromatic amines is 1. The maximum absolute atomic E-state index is 11.2. The minimum Gasteiger partial charge on any atom is -0.326 e. The maximum Gasteiger partial charge on any atom is 0.221 e. The number of H-pyrrole nitrogens is 1. The van der Waals surface area contributed by atoms with Gasteiger partial charge in [0.15, 0.2) is 5.82 Å². The second kappa shape index (κ2) is 7.63. The van der Waals surface area contributed by atoms with Gasteiger partial charge in [0.25, 0.3) is 0 Å². The van der Waals surface area contributed by atoms with Crippen molar-refractivity contribution in [3.63, 3.8) is 0 Å². The van der Waals surface area contributed by atoms with Crippen molar-refractivity contribution in [3.05, 3.63) is 72.3 Å². The van der Waals surface area contributed by atoms with Gasteiger partial charge in [-0.25, -0.2) is 4.98 Å². The van der Waals surface area contributed by atoms with Crippen molar-refractivity contribution in [1.82, 2.24) is 15.2 Å². The van der Waals surface area contributed by atoms with Crippen molar-refractivity contribution < 1.29 is 4.79 Å². The van der Waals surface area contributed by atoms with Crippen LogP contribution in [0.1, 0.15) is 12.5 Å². The summed E-state index contributed by atoms with van der Waals surface area (Å²) in [7, 11) is 0. The molecule has 6 heteroatoms. The van der Waals surface area contributed by atoms with Crippen LogP contribution in [0, 0.1) is 0 Å². The summed E-state index contributed by atoms with van der Waals surface area (Å²) in [6, 6.07) is 22.2. The zero-order valence-corrected chi connectivity index (χ0v) is 15.6. The molecule has 0 radical (unpaired) electrons. The van der Waals surface area contributed by atoms with E-state index in [1.807, 2.05) is 24.3 Å². The van der Waals surface area contributed by atoms with Gasteiger partial charge in [0, 0.05) is 23.9 Å². The van der Waals surface area contributed by atoms with E-state index < -0.39 is 0 Å². The first-order valence-electron chi connectivity index (χ1n) is 8.59. The third kappa shape index (κ3) is 4.01. The first kappa shape index (κ1) is 17.3. The Hall–Kier alpha value is -3.12. The lowest BCUT2D eigenvalue weighted by Gasteiger charge is -2.04. The molecule has 1 aromatic heterocycles. The van der Waals surface area contributed by atoms with E-state index in [1.165, 1.54) is 23.3 Å². The number of rotatable bonds is 5. The molecule has 0 aliphatic heterocycles. The molecule has 0 bridgehead atoms. The molecule has 0 atom stereocenters. The first-order chi connectivity index (χ1) is 13.2. The van der Waals surface area contributed by atoms with Crippen LogP contribution in [0.3, 0.4) is 0 Å². The van der Waals surface area contributed by atoms with Crippen LogP contribution in [0.25, 0.3) is 22.2 Å². The number of hydrogen-bond acceptors (Lipinski definition) is 4. The molecular formula is C21H18N4OS. The van der Waals surface area contributed by atoms with E-state index >= 15 is 0 Å². The Balaban J connectivity index is 1.51. The van der Waals surface area contributed by atoms with Crippen LogP contribution < -0.4 is 5.32 Å². The molecule has 0 fully saturated rings. The zero-order valence-electron chi connectivity index (χ0n) is 14.8. The number of benzene rings is 3. The van der Waals surface area contributed by atoms with E-state index in [9.17, 15) is 4.79 Å². The number of amides is 1. The van der Waals surface area contributed by atoms with Gasteiger partial charge in [-0.15, -0.1) is 5.10 Å². The average molecular weight is 374 g/mol. The van der Waals surface area contributed by atoms with E-state index in [0.717, 1.165) is 17.0 Å². The summed E-state index contributed by atoms with van der Waals surface area (Å²) < 4.78 is 0. The lowest BCUT2D eigenvalue weighted by Crippen LogP contribution is -2.05. The zero-order chi connectivity index (χ0) is 18.6. The Bertz CT molecular complexity index is 1100. The van der Waals surface area contributed by atoms with E-state index in [4.69, 9.17) is 0 Å². The second-order valence-electron chi connectivity index (χ2n) is 6.16. The van der Waals surface area contributed by atoms with Gasteiger partial charge >= 0.3 is 0 Å². The SMILES string of the molecule is CC(=O)Nc1cccc(-c2nc(SCc3cccc4ccccc34)n[nH]2)c1. The summed E-state index contributed by atoms with van der Waals surface area (Å²) in [6.07, 6.45) is 0. The number of nitrogens with one attached hydrogen (secondary N) is 2. The Morgan fingerprint density at radius 2 is 1.89 bits per heavy atom. The van der Waals surface area contributed by atoms with Crippen LogP contribution in [-0.2, 0) is 10.5 Å². The van der Waals surface area contributed by atoms with Crippen molar-refractivity contribution in [3.8, 4) is 11.4 Å². The van der Waals surface area contributed by atoms with Gasteiger partial charge in [0.1, 0.15) is 0 Å². The van der Waals surface area contributed by atoms with Crippen LogP contribution in [0.15, 0.2) is 71.9 Å². The third-order valence-electron chi connectivity index (χ3n) is 4.16. The minimum atomic E-state index is -0.101. The Morgan fingerprint density at radius 1 is 1.07 bits per heavy atom. The van der Waals surface area contributed by atoms with Crippen LogP contribution in [0.2, 0.25) is 0 Å². The molecule has 1 amide bonds. The predicted octanol–water partition coefficient (Wildman–Crippen LogP) is 4.88. The summed E-state index contributed by atoms with van der Waals surface area (Å²) in [6.45, 7) is 1.49. The summed E-state index contributed by atoms with van der Waals surface area (Å²) in [4.78, 5) is 15.8. The van der Waals surface area contributed by atoms with E-state index in [2.05, 4.69) is 63.0 Å². The predicted molar refractivity (Wildman–Crippen MR) is 110 cm³/mol. The average Bonchev–Trinajstić information content (AvgIpc) is 3.15. The largest absolute Gasteiger partial charge is 0.326 e. The highest BCUT2D eigenvalue weighted by Crippen LogP contribution is 2.27. The van der Waals surface area contributed by atoms with Crippen LogP contribution >= 0.6 is 11.8 Å². The Labute approximate surface area is 161 Å². The minimum absolute atomic E-state index is 0.101. The summed E-state index contributed by atoms with van der Waals surface area (Å²) in [5.74, 6) is 1.38. The molecule has 5 nitrogen and oxygen atoms in total. The van der Waals surface area contributed by atoms with Gasteiger partial charge in [0.05, 0.1) is 0 Å². The van der Waals surface area contributed by atoms with Gasteiger partial charge in [0.2, 0.25) is 11.1 Å². The topological polar surface area (TPSA) is 70.7 Å². The van der Waals surface area contributed by atoms with Gasteiger partial charge in [-0.05, 0) is 28.5 Å². The van der Waals surface area contributed by atoms with Crippen molar-refractivity contribution >= 4 is 34.1 Å². The monoisotopic (exact) mass is 374 g/mol. The fraction of sp³-hybridized carbons (Fsp3) is 0.0952. The quantitative estimate of drug-likeness (QED) is 0.489. The standard InChI is InChI=1S/C21H18N4OS/c1-14(26)22-18-10-5-8-16(12-18)20-23-21(25-24-20)27-13-17-9-4-7-15-6-2-3-11-19(15)17/h2-12H,13H2,1H3,(H,22,26)(H,23,24,25). The highest BCUT2D eigenvalue weighted by molar-refractivity contribution is 7.98. The van der Waals surface area contributed by atoms with Crippen molar-refractivity contribution in [2.24, 2.45) is 0 Å².